The van der Waals surface area contributed by atoms with Crippen molar-refractivity contribution in [2.75, 3.05) is 6.61 Å². The zero-order chi connectivity index (χ0) is 9.35. The lowest BCUT2D eigenvalue weighted by Crippen LogP contribution is -2.21. The normalized spacial score (nSPS) is 32.7. The van der Waals surface area contributed by atoms with Crippen molar-refractivity contribution >= 4 is 11.9 Å². The van der Waals surface area contributed by atoms with Crippen LogP contribution in [0.3, 0.4) is 0 Å². The number of carboxylic acids is 1. The highest BCUT2D eigenvalue weighted by molar-refractivity contribution is 5.81. The molecule has 0 heterocycles. The second-order valence-corrected chi connectivity index (χ2v) is 2.87. The van der Waals surface area contributed by atoms with Crippen LogP contribution in [0, 0.1) is 5.92 Å². The molecule has 1 N–H and O–H groups in total. The molecule has 0 aromatic rings. The van der Waals surface area contributed by atoms with Crippen molar-refractivity contribution in [2.45, 2.75) is 19.0 Å². The van der Waals surface area contributed by atoms with Gasteiger partial charge in [0.1, 0.15) is 0 Å². The standard InChI is InChI=1S/C7H9FO4/c1-4(9)12-3-5-2-7(5,8)6(10)11/h5H,2-3H2,1H3,(H,10,11). The van der Waals surface area contributed by atoms with E-state index in [1.807, 2.05) is 0 Å². The van der Waals surface area contributed by atoms with Crippen molar-refractivity contribution in [3.63, 3.8) is 0 Å². The maximum Gasteiger partial charge on any atom is 0.341 e. The minimum Gasteiger partial charge on any atom is -0.479 e. The number of hydrogen-bond acceptors (Lipinski definition) is 3. The SMILES string of the molecule is CC(=O)OCC1CC1(F)C(=O)O. The number of halogens is 1. The first-order chi connectivity index (χ1) is 5.47. The van der Waals surface area contributed by atoms with Gasteiger partial charge in [-0.1, -0.05) is 0 Å². The van der Waals surface area contributed by atoms with Crippen LogP contribution >= 0.6 is 0 Å². The number of alkyl halides is 1. The Bertz CT molecular complexity index is 227. The maximum absolute atomic E-state index is 12.9. The summed E-state index contributed by atoms with van der Waals surface area (Å²) in [5, 5.41) is 8.33. The molecule has 68 valence electrons. The number of rotatable bonds is 3. The lowest BCUT2D eigenvalue weighted by Gasteiger charge is -2.01. The van der Waals surface area contributed by atoms with E-state index in [4.69, 9.17) is 5.11 Å². The van der Waals surface area contributed by atoms with Gasteiger partial charge in [-0.15, -0.1) is 0 Å². The van der Waals surface area contributed by atoms with Gasteiger partial charge in [0.2, 0.25) is 5.67 Å². The molecule has 0 saturated heterocycles. The Morgan fingerprint density at radius 1 is 1.75 bits per heavy atom. The van der Waals surface area contributed by atoms with Gasteiger partial charge < -0.3 is 9.84 Å². The number of hydrogen-bond donors (Lipinski definition) is 1. The Kier molecular flexibility index (Phi) is 2.04. The van der Waals surface area contributed by atoms with E-state index in [1.165, 1.54) is 6.92 Å². The summed E-state index contributed by atoms with van der Waals surface area (Å²) in [4.78, 5) is 20.5. The molecular weight excluding hydrogens is 167 g/mol. The van der Waals surface area contributed by atoms with Crippen LogP contribution < -0.4 is 0 Å². The molecule has 1 rings (SSSR count). The van der Waals surface area contributed by atoms with Gasteiger partial charge in [-0.2, -0.15) is 0 Å². The van der Waals surface area contributed by atoms with Crippen molar-refractivity contribution in [3.8, 4) is 0 Å². The van der Waals surface area contributed by atoms with E-state index in [2.05, 4.69) is 4.74 Å². The lowest BCUT2D eigenvalue weighted by molar-refractivity contribution is -0.148. The number of carboxylic acid groups (broad SMARTS) is 1. The highest BCUT2D eigenvalue weighted by Gasteiger charge is 2.62. The fourth-order valence-electron chi connectivity index (χ4n) is 0.971. The Hall–Kier alpha value is -1.13. The molecule has 0 bridgehead atoms. The zero-order valence-corrected chi connectivity index (χ0v) is 6.54. The van der Waals surface area contributed by atoms with Crippen molar-refractivity contribution < 1.29 is 23.8 Å². The van der Waals surface area contributed by atoms with Gasteiger partial charge in [0.05, 0.1) is 6.61 Å². The van der Waals surface area contributed by atoms with Crippen LogP contribution in [0.1, 0.15) is 13.3 Å². The molecule has 1 saturated carbocycles. The van der Waals surface area contributed by atoms with E-state index in [1.54, 1.807) is 0 Å². The Labute approximate surface area is 68.3 Å². The molecule has 4 nitrogen and oxygen atoms in total. The molecular formula is C7H9FO4. The molecule has 1 fully saturated rings. The summed E-state index contributed by atoms with van der Waals surface area (Å²) in [6.07, 6.45) is -0.0599. The topological polar surface area (TPSA) is 63.6 Å². The minimum atomic E-state index is -2.16. The number of ether oxygens (including phenoxy) is 1. The number of carbonyl (C=O) groups excluding carboxylic acids is 1. The second-order valence-electron chi connectivity index (χ2n) is 2.87. The molecule has 0 amide bonds. The van der Waals surface area contributed by atoms with E-state index in [0.717, 1.165) is 0 Å². The first-order valence-electron chi connectivity index (χ1n) is 3.52. The van der Waals surface area contributed by atoms with Crippen molar-refractivity contribution in [1.29, 1.82) is 0 Å². The molecule has 1 aliphatic carbocycles. The number of aliphatic carboxylic acids is 1. The van der Waals surface area contributed by atoms with Crippen molar-refractivity contribution in [2.24, 2.45) is 5.92 Å². The number of esters is 1. The van der Waals surface area contributed by atoms with E-state index in [9.17, 15) is 14.0 Å². The monoisotopic (exact) mass is 176 g/mol. The highest BCUT2D eigenvalue weighted by atomic mass is 19.1. The van der Waals surface area contributed by atoms with Crippen LogP contribution in [0.5, 0.6) is 0 Å². The van der Waals surface area contributed by atoms with Gasteiger partial charge in [-0.25, -0.2) is 9.18 Å². The Morgan fingerprint density at radius 3 is 2.67 bits per heavy atom. The molecule has 0 spiro atoms. The third kappa shape index (κ3) is 1.54. The van der Waals surface area contributed by atoms with Crippen LogP contribution in [0.4, 0.5) is 4.39 Å². The smallest absolute Gasteiger partial charge is 0.341 e. The predicted molar refractivity (Wildman–Crippen MR) is 36.2 cm³/mol. The van der Waals surface area contributed by atoms with Crippen LogP contribution in [0.25, 0.3) is 0 Å². The summed E-state index contributed by atoms with van der Waals surface area (Å²) >= 11 is 0. The molecule has 2 unspecified atom stereocenters. The fourth-order valence-corrected chi connectivity index (χ4v) is 0.971. The van der Waals surface area contributed by atoms with E-state index in [-0.39, 0.29) is 13.0 Å². The molecule has 0 aliphatic heterocycles. The number of carbonyl (C=O) groups is 2. The average Bonchev–Trinajstić information content (AvgIpc) is 2.59. The molecule has 2 atom stereocenters. The first kappa shape index (κ1) is 8.96. The Morgan fingerprint density at radius 2 is 2.33 bits per heavy atom. The Balaban J connectivity index is 2.32. The van der Waals surface area contributed by atoms with E-state index >= 15 is 0 Å². The summed E-state index contributed by atoms with van der Waals surface area (Å²) in [5.74, 6) is -2.66. The fraction of sp³-hybridized carbons (Fsp3) is 0.714. The second kappa shape index (κ2) is 2.73. The van der Waals surface area contributed by atoms with Crippen molar-refractivity contribution in [3.05, 3.63) is 0 Å². The quantitative estimate of drug-likeness (QED) is 0.630. The summed E-state index contributed by atoms with van der Waals surface area (Å²) in [6.45, 7) is 1.06. The summed E-state index contributed by atoms with van der Waals surface area (Å²) in [6, 6.07) is 0. The molecule has 0 aromatic heterocycles. The zero-order valence-electron chi connectivity index (χ0n) is 6.54. The lowest BCUT2D eigenvalue weighted by atomic mass is 10.3. The van der Waals surface area contributed by atoms with Crippen LogP contribution in [0.2, 0.25) is 0 Å². The molecule has 5 heteroatoms. The van der Waals surface area contributed by atoms with Gasteiger partial charge in [-0.05, 0) is 0 Å². The molecule has 0 aromatic carbocycles. The molecule has 1 aliphatic rings. The minimum absolute atomic E-state index is 0.0599. The first-order valence-corrected chi connectivity index (χ1v) is 3.52. The molecule has 0 radical (unpaired) electrons. The average molecular weight is 176 g/mol. The summed E-state index contributed by atoms with van der Waals surface area (Å²) < 4.78 is 17.4. The summed E-state index contributed by atoms with van der Waals surface area (Å²) in [5.41, 5.74) is -2.16. The van der Waals surface area contributed by atoms with Gasteiger partial charge in [0.15, 0.2) is 0 Å². The highest BCUT2D eigenvalue weighted by Crippen LogP contribution is 2.47. The third-order valence-corrected chi connectivity index (χ3v) is 1.87. The van der Waals surface area contributed by atoms with Gasteiger partial charge in [0, 0.05) is 19.3 Å². The van der Waals surface area contributed by atoms with E-state index < -0.39 is 23.5 Å². The van der Waals surface area contributed by atoms with E-state index in [0.29, 0.717) is 0 Å². The maximum atomic E-state index is 12.9. The summed E-state index contributed by atoms with van der Waals surface area (Å²) in [7, 11) is 0. The van der Waals surface area contributed by atoms with Crippen LogP contribution in [-0.4, -0.2) is 29.3 Å². The van der Waals surface area contributed by atoms with Gasteiger partial charge in [-0.3, -0.25) is 4.79 Å². The van der Waals surface area contributed by atoms with Crippen molar-refractivity contribution in [1.82, 2.24) is 0 Å². The third-order valence-electron chi connectivity index (χ3n) is 1.87. The van der Waals surface area contributed by atoms with Gasteiger partial charge >= 0.3 is 11.9 Å². The molecule has 12 heavy (non-hydrogen) atoms. The predicted octanol–water partition coefficient (Wildman–Crippen LogP) is 0.362. The van der Waals surface area contributed by atoms with Crippen LogP contribution in [0.15, 0.2) is 0 Å². The van der Waals surface area contributed by atoms with Crippen LogP contribution in [-0.2, 0) is 14.3 Å². The largest absolute Gasteiger partial charge is 0.479 e. The van der Waals surface area contributed by atoms with Gasteiger partial charge in [0.25, 0.3) is 0 Å².